The lowest BCUT2D eigenvalue weighted by Crippen LogP contribution is -2.55. The molecule has 2 aliphatic heterocycles. The number of amides is 4. The predicted octanol–water partition coefficient (Wildman–Crippen LogP) is 1.14. The number of hydrogen-bond donors (Lipinski definition) is 2. The summed E-state index contributed by atoms with van der Waals surface area (Å²) < 4.78 is 0. The molecule has 1 aromatic carbocycles. The number of piperidine rings is 1. The van der Waals surface area contributed by atoms with Gasteiger partial charge in [-0.05, 0) is 37.8 Å². The Bertz CT molecular complexity index is 684. The fraction of sp³-hybridized carbons (Fsp3) is 0.550. The number of hydrogen-bond acceptors (Lipinski definition) is 4. The highest BCUT2D eigenvalue weighted by Gasteiger charge is 2.52. The highest BCUT2D eigenvalue weighted by atomic mass is 16.2. The van der Waals surface area contributed by atoms with Gasteiger partial charge in [-0.15, -0.1) is 0 Å². The van der Waals surface area contributed by atoms with Crippen molar-refractivity contribution in [2.24, 2.45) is 0 Å². The third-order valence-corrected chi connectivity index (χ3v) is 5.38. The van der Waals surface area contributed by atoms with Crippen LogP contribution in [-0.4, -0.2) is 65.9 Å². The molecule has 0 unspecified atom stereocenters. The van der Waals surface area contributed by atoms with E-state index in [1.165, 1.54) is 0 Å². The summed E-state index contributed by atoms with van der Waals surface area (Å²) in [5.41, 5.74) is 0.302. The summed E-state index contributed by atoms with van der Waals surface area (Å²) in [7, 11) is 0. The van der Waals surface area contributed by atoms with Gasteiger partial charge < -0.3 is 15.5 Å². The molecule has 0 aromatic heterocycles. The molecule has 7 nitrogen and oxygen atoms in total. The molecule has 4 amide bonds. The smallest absolute Gasteiger partial charge is 0.325 e. The van der Waals surface area contributed by atoms with Crippen LogP contribution in [0, 0.1) is 0 Å². The van der Waals surface area contributed by atoms with Crippen LogP contribution in [0.3, 0.4) is 0 Å². The van der Waals surface area contributed by atoms with Gasteiger partial charge in [-0.1, -0.05) is 37.3 Å². The van der Waals surface area contributed by atoms with Crippen molar-refractivity contribution in [3.63, 3.8) is 0 Å². The van der Waals surface area contributed by atoms with E-state index in [-0.39, 0.29) is 18.4 Å². The second-order valence-corrected chi connectivity index (χ2v) is 7.33. The van der Waals surface area contributed by atoms with Gasteiger partial charge in [-0.25, -0.2) is 4.79 Å². The third kappa shape index (κ3) is 4.47. The number of likely N-dealkylation sites (tertiary alicyclic amines) is 1. The predicted molar refractivity (Wildman–Crippen MR) is 102 cm³/mol. The van der Waals surface area contributed by atoms with Crippen molar-refractivity contribution in [1.29, 1.82) is 0 Å². The standard InChI is InChI=1S/C20H28N4O3/c1-2-12-23-13-9-20(10-14-23)18(26)24(19(27)22-20)15-17(25)21-11-8-16-6-4-3-5-7-16/h3-7H,2,8-15H2,1H3,(H,21,25)(H,22,27). The lowest BCUT2D eigenvalue weighted by molar-refractivity contribution is -0.136. The largest absolute Gasteiger partial charge is 0.354 e. The number of rotatable bonds is 7. The van der Waals surface area contributed by atoms with E-state index in [0.717, 1.165) is 36.5 Å². The maximum atomic E-state index is 12.8. The molecule has 7 heteroatoms. The Morgan fingerprint density at radius 3 is 2.56 bits per heavy atom. The maximum Gasteiger partial charge on any atom is 0.325 e. The molecule has 2 saturated heterocycles. The zero-order chi connectivity index (χ0) is 19.3. The zero-order valence-electron chi connectivity index (χ0n) is 15.9. The van der Waals surface area contributed by atoms with Gasteiger partial charge in [0.05, 0.1) is 0 Å². The topological polar surface area (TPSA) is 81.8 Å². The Morgan fingerprint density at radius 2 is 1.89 bits per heavy atom. The van der Waals surface area contributed by atoms with Crippen LogP contribution >= 0.6 is 0 Å². The Balaban J connectivity index is 1.49. The SMILES string of the molecule is CCCN1CCC2(CC1)NC(=O)N(CC(=O)NCCc1ccccc1)C2=O. The first-order valence-corrected chi connectivity index (χ1v) is 9.71. The molecule has 146 valence electrons. The highest BCUT2D eigenvalue weighted by molar-refractivity contribution is 6.09. The van der Waals surface area contributed by atoms with Gasteiger partial charge in [-0.2, -0.15) is 0 Å². The summed E-state index contributed by atoms with van der Waals surface area (Å²) >= 11 is 0. The number of carbonyl (C=O) groups is 3. The van der Waals surface area contributed by atoms with Crippen molar-refractivity contribution in [3.8, 4) is 0 Å². The normalized spacial score (nSPS) is 19.4. The van der Waals surface area contributed by atoms with Gasteiger partial charge in [0.2, 0.25) is 5.91 Å². The van der Waals surface area contributed by atoms with Gasteiger partial charge in [-0.3, -0.25) is 14.5 Å². The summed E-state index contributed by atoms with van der Waals surface area (Å²) in [5.74, 6) is -0.572. The molecule has 2 fully saturated rings. The van der Waals surface area contributed by atoms with Gasteiger partial charge in [0.25, 0.3) is 5.91 Å². The molecule has 2 aliphatic rings. The minimum absolute atomic E-state index is 0.222. The van der Waals surface area contributed by atoms with Crippen LogP contribution in [0.5, 0.6) is 0 Å². The number of nitrogens with one attached hydrogen (secondary N) is 2. The summed E-state index contributed by atoms with van der Waals surface area (Å²) in [6.07, 6.45) is 2.99. The number of imide groups is 1. The quantitative estimate of drug-likeness (QED) is 0.704. The highest BCUT2D eigenvalue weighted by Crippen LogP contribution is 2.29. The Kier molecular flexibility index (Phi) is 6.11. The van der Waals surface area contributed by atoms with Crippen LogP contribution in [0.1, 0.15) is 31.7 Å². The fourth-order valence-corrected chi connectivity index (χ4v) is 3.82. The van der Waals surface area contributed by atoms with E-state index in [1.807, 2.05) is 30.3 Å². The third-order valence-electron chi connectivity index (χ3n) is 5.38. The van der Waals surface area contributed by atoms with Crippen LogP contribution in [0.25, 0.3) is 0 Å². The molecule has 0 atom stereocenters. The zero-order valence-corrected chi connectivity index (χ0v) is 15.9. The van der Waals surface area contributed by atoms with Crippen LogP contribution in [-0.2, 0) is 16.0 Å². The minimum Gasteiger partial charge on any atom is -0.354 e. The van der Waals surface area contributed by atoms with E-state index in [2.05, 4.69) is 22.5 Å². The first-order chi connectivity index (χ1) is 13.0. The molecular formula is C20H28N4O3. The molecular weight excluding hydrogens is 344 g/mol. The average molecular weight is 372 g/mol. The molecule has 3 rings (SSSR count). The number of nitrogens with zero attached hydrogens (tertiary/aromatic N) is 2. The van der Waals surface area contributed by atoms with E-state index in [0.29, 0.717) is 25.8 Å². The van der Waals surface area contributed by atoms with Crippen molar-refractivity contribution in [2.75, 3.05) is 32.7 Å². The Morgan fingerprint density at radius 1 is 1.19 bits per heavy atom. The van der Waals surface area contributed by atoms with E-state index in [4.69, 9.17) is 0 Å². The summed E-state index contributed by atoms with van der Waals surface area (Å²) in [6.45, 7) is 4.97. The van der Waals surface area contributed by atoms with Crippen molar-refractivity contribution < 1.29 is 14.4 Å². The summed E-state index contributed by atoms with van der Waals surface area (Å²) in [4.78, 5) is 40.7. The van der Waals surface area contributed by atoms with Gasteiger partial charge in [0.1, 0.15) is 12.1 Å². The lowest BCUT2D eigenvalue weighted by atomic mass is 9.87. The Hall–Kier alpha value is -2.41. The first-order valence-electron chi connectivity index (χ1n) is 9.71. The molecule has 1 aromatic rings. The molecule has 0 bridgehead atoms. The maximum absolute atomic E-state index is 12.8. The van der Waals surface area contributed by atoms with E-state index in [1.54, 1.807) is 0 Å². The van der Waals surface area contributed by atoms with Crippen molar-refractivity contribution in [3.05, 3.63) is 35.9 Å². The van der Waals surface area contributed by atoms with Crippen LogP contribution in [0.2, 0.25) is 0 Å². The van der Waals surface area contributed by atoms with Crippen molar-refractivity contribution in [2.45, 2.75) is 38.1 Å². The van der Waals surface area contributed by atoms with Gasteiger partial charge in [0.15, 0.2) is 0 Å². The molecule has 0 saturated carbocycles. The lowest BCUT2D eigenvalue weighted by Gasteiger charge is -2.37. The van der Waals surface area contributed by atoms with E-state index in [9.17, 15) is 14.4 Å². The molecule has 2 heterocycles. The minimum atomic E-state index is -0.828. The van der Waals surface area contributed by atoms with Crippen molar-refractivity contribution in [1.82, 2.24) is 20.4 Å². The second-order valence-electron chi connectivity index (χ2n) is 7.33. The van der Waals surface area contributed by atoms with Crippen molar-refractivity contribution >= 4 is 17.8 Å². The number of urea groups is 1. The molecule has 1 spiro atoms. The van der Waals surface area contributed by atoms with Crippen LogP contribution in [0.15, 0.2) is 30.3 Å². The number of benzene rings is 1. The number of carbonyl (C=O) groups excluding carboxylic acids is 3. The second kappa shape index (κ2) is 8.52. The van der Waals surface area contributed by atoms with Crippen LogP contribution < -0.4 is 10.6 Å². The summed E-state index contributed by atoms with van der Waals surface area (Å²) in [5, 5.41) is 5.64. The molecule has 2 N–H and O–H groups in total. The molecule has 0 radical (unpaired) electrons. The van der Waals surface area contributed by atoms with Crippen LogP contribution in [0.4, 0.5) is 4.79 Å². The van der Waals surface area contributed by atoms with E-state index < -0.39 is 11.6 Å². The molecule has 0 aliphatic carbocycles. The Labute approximate surface area is 160 Å². The average Bonchev–Trinajstić information content (AvgIpc) is 2.89. The van der Waals surface area contributed by atoms with Gasteiger partial charge >= 0.3 is 6.03 Å². The summed E-state index contributed by atoms with van der Waals surface area (Å²) in [6, 6.07) is 9.39. The molecule has 27 heavy (non-hydrogen) atoms. The van der Waals surface area contributed by atoms with E-state index >= 15 is 0 Å². The fourth-order valence-electron chi connectivity index (χ4n) is 3.82. The van der Waals surface area contributed by atoms with Gasteiger partial charge in [0, 0.05) is 19.6 Å². The first kappa shape index (κ1) is 19.4. The monoisotopic (exact) mass is 372 g/mol.